The van der Waals surface area contributed by atoms with Crippen LogP contribution in [0.2, 0.25) is 0 Å². The molecule has 2 aliphatic rings. The van der Waals surface area contributed by atoms with E-state index in [0.29, 0.717) is 26.1 Å². The average Bonchev–Trinajstić information content (AvgIpc) is 3.49. The first-order valence-corrected chi connectivity index (χ1v) is 15.5. The zero-order valence-corrected chi connectivity index (χ0v) is 25.6. The van der Waals surface area contributed by atoms with Gasteiger partial charge in [-0.05, 0) is 76.6 Å². The van der Waals surface area contributed by atoms with Crippen molar-refractivity contribution in [3.05, 3.63) is 119 Å². The number of carbonyl (C=O) groups excluding carboxylic acids is 2. The summed E-state index contributed by atoms with van der Waals surface area (Å²) in [7, 11) is 0. The Balaban J connectivity index is 1.67. The fourth-order valence-corrected chi connectivity index (χ4v) is 8.57. The smallest absolute Gasteiger partial charge is 0.305 e. The van der Waals surface area contributed by atoms with E-state index in [2.05, 4.69) is 111 Å². The molecule has 0 atom stereocenters. The summed E-state index contributed by atoms with van der Waals surface area (Å²) in [6, 6.07) is 34.6. The van der Waals surface area contributed by atoms with Crippen molar-refractivity contribution >= 4 is 11.9 Å². The molecular formula is C39H40O4. The number of hydrogen-bond acceptors (Lipinski definition) is 4. The van der Waals surface area contributed by atoms with Gasteiger partial charge in [0.2, 0.25) is 0 Å². The number of benzene rings is 4. The van der Waals surface area contributed by atoms with Crippen molar-refractivity contribution in [1.82, 2.24) is 0 Å². The summed E-state index contributed by atoms with van der Waals surface area (Å²) in [6.07, 6.45) is 1.74. The van der Waals surface area contributed by atoms with Crippen molar-refractivity contribution in [2.45, 2.75) is 64.2 Å². The van der Waals surface area contributed by atoms with E-state index < -0.39 is 16.2 Å². The highest BCUT2D eigenvalue weighted by molar-refractivity contribution is 5.86. The molecule has 0 bridgehead atoms. The first-order valence-electron chi connectivity index (χ1n) is 15.5. The molecule has 0 unspecified atom stereocenters. The fraction of sp³-hybridized carbons (Fsp3) is 0.333. The first kappa shape index (κ1) is 28.9. The highest BCUT2D eigenvalue weighted by Crippen LogP contribution is 2.70. The van der Waals surface area contributed by atoms with E-state index >= 15 is 0 Å². The lowest BCUT2D eigenvalue weighted by Gasteiger charge is -2.57. The van der Waals surface area contributed by atoms with Crippen LogP contribution in [-0.4, -0.2) is 25.2 Å². The standard InChI is InChI=1S/C39H40O4/c1-5-42-35(40)23-25-38(31-19-11-7-15-27(31)28-16-8-12-20-32(28)38)37(3,4)39(26-24-36(41)43-6-2)33-21-13-9-17-29(33)30-18-10-14-22-34(30)39/h7-22H,5-6,23-26H2,1-4H3. The molecule has 0 saturated heterocycles. The van der Waals surface area contributed by atoms with Gasteiger partial charge in [0.05, 0.1) is 13.2 Å². The summed E-state index contributed by atoms with van der Waals surface area (Å²) < 4.78 is 11.0. The molecule has 0 radical (unpaired) electrons. The molecule has 4 nitrogen and oxygen atoms in total. The number of ether oxygens (including phenoxy) is 2. The molecule has 0 fully saturated rings. The predicted molar refractivity (Wildman–Crippen MR) is 171 cm³/mol. The molecule has 0 heterocycles. The molecule has 0 aliphatic heterocycles. The van der Waals surface area contributed by atoms with E-state index in [-0.39, 0.29) is 24.8 Å². The van der Waals surface area contributed by atoms with Gasteiger partial charge in [-0.1, -0.05) is 111 Å². The van der Waals surface area contributed by atoms with E-state index in [1.165, 1.54) is 44.5 Å². The summed E-state index contributed by atoms with van der Waals surface area (Å²) in [6.45, 7) is 9.14. The maximum absolute atomic E-state index is 13.1. The van der Waals surface area contributed by atoms with Crippen LogP contribution < -0.4 is 0 Å². The summed E-state index contributed by atoms with van der Waals surface area (Å²) in [4.78, 5) is 26.2. The zero-order chi connectivity index (χ0) is 30.2. The largest absolute Gasteiger partial charge is 0.466 e. The molecule has 220 valence electrons. The monoisotopic (exact) mass is 572 g/mol. The molecule has 4 heteroatoms. The second-order valence-electron chi connectivity index (χ2n) is 12.2. The molecule has 0 spiro atoms. The third-order valence-electron chi connectivity index (χ3n) is 10.3. The quantitative estimate of drug-likeness (QED) is 0.179. The van der Waals surface area contributed by atoms with Crippen LogP contribution in [0.4, 0.5) is 0 Å². The van der Waals surface area contributed by atoms with E-state index in [1.807, 2.05) is 13.8 Å². The van der Waals surface area contributed by atoms with Gasteiger partial charge in [0.15, 0.2) is 0 Å². The lowest BCUT2D eigenvalue weighted by atomic mass is 9.45. The summed E-state index contributed by atoms with van der Waals surface area (Å²) in [5, 5.41) is 0. The molecule has 43 heavy (non-hydrogen) atoms. The van der Waals surface area contributed by atoms with Crippen LogP contribution in [0.1, 0.15) is 75.6 Å². The highest BCUT2D eigenvalue weighted by atomic mass is 16.5. The van der Waals surface area contributed by atoms with Crippen LogP contribution in [0.5, 0.6) is 0 Å². The van der Waals surface area contributed by atoms with Gasteiger partial charge in [0, 0.05) is 23.7 Å². The summed E-state index contributed by atoms with van der Waals surface area (Å²) in [5.41, 5.74) is 8.06. The van der Waals surface area contributed by atoms with Crippen molar-refractivity contribution in [1.29, 1.82) is 0 Å². The Bertz CT molecular complexity index is 1470. The van der Waals surface area contributed by atoms with Gasteiger partial charge >= 0.3 is 11.9 Å². The second kappa shape index (κ2) is 11.1. The minimum atomic E-state index is -0.563. The SMILES string of the molecule is CCOC(=O)CCC1(C(C)(C)C2(CCC(=O)OCC)c3ccccc3-c3ccccc32)c2ccccc2-c2ccccc21. The number of rotatable bonds is 10. The maximum atomic E-state index is 13.1. The minimum absolute atomic E-state index is 0.188. The van der Waals surface area contributed by atoms with Gasteiger partial charge in [0.25, 0.3) is 0 Å². The van der Waals surface area contributed by atoms with Crippen LogP contribution in [0, 0.1) is 5.41 Å². The third kappa shape index (κ3) is 4.17. The van der Waals surface area contributed by atoms with Gasteiger partial charge in [-0.25, -0.2) is 0 Å². The third-order valence-corrected chi connectivity index (χ3v) is 10.3. The Morgan fingerprint density at radius 3 is 1.09 bits per heavy atom. The number of hydrogen-bond donors (Lipinski definition) is 0. The van der Waals surface area contributed by atoms with Gasteiger partial charge in [-0.3, -0.25) is 9.59 Å². The van der Waals surface area contributed by atoms with Crippen LogP contribution in [0.25, 0.3) is 22.3 Å². The normalized spacial score (nSPS) is 15.2. The average molecular weight is 573 g/mol. The zero-order valence-electron chi connectivity index (χ0n) is 25.6. The summed E-state index contributed by atoms with van der Waals surface area (Å²) in [5.74, 6) is -0.375. The topological polar surface area (TPSA) is 52.6 Å². The summed E-state index contributed by atoms with van der Waals surface area (Å²) >= 11 is 0. The van der Waals surface area contributed by atoms with E-state index in [4.69, 9.17) is 9.47 Å². The van der Waals surface area contributed by atoms with Crippen LogP contribution >= 0.6 is 0 Å². The molecule has 0 aromatic heterocycles. The number of fused-ring (bicyclic) bond motifs is 6. The van der Waals surface area contributed by atoms with Gasteiger partial charge in [-0.2, -0.15) is 0 Å². The van der Waals surface area contributed by atoms with Crippen molar-refractivity contribution in [3.63, 3.8) is 0 Å². The molecule has 6 rings (SSSR count). The number of esters is 2. The Morgan fingerprint density at radius 2 is 0.814 bits per heavy atom. The number of carbonyl (C=O) groups is 2. The van der Waals surface area contributed by atoms with Crippen LogP contribution in [0.3, 0.4) is 0 Å². The molecule has 0 saturated carbocycles. The second-order valence-corrected chi connectivity index (χ2v) is 12.2. The predicted octanol–water partition coefficient (Wildman–Crippen LogP) is 8.63. The van der Waals surface area contributed by atoms with E-state index in [1.54, 1.807) is 0 Å². The fourth-order valence-electron chi connectivity index (χ4n) is 8.57. The van der Waals surface area contributed by atoms with E-state index in [9.17, 15) is 9.59 Å². The lowest BCUT2D eigenvalue weighted by Crippen LogP contribution is -2.55. The molecule has 4 aromatic carbocycles. The molecule has 4 aromatic rings. The van der Waals surface area contributed by atoms with Crippen molar-refractivity contribution in [3.8, 4) is 22.3 Å². The van der Waals surface area contributed by atoms with Crippen LogP contribution in [0.15, 0.2) is 97.1 Å². The minimum Gasteiger partial charge on any atom is -0.466 e. The van der Waals surface area contributed by atoms with Crippen molar-refractivity contribution in [2.24, 2.45) is 5.41 Å². The molecular weight excluding hydrogens is 532 g/mol. The first-order chi connectivity index (χ1) is 20.8. The van der Waals surface area contributed by atoms with Gasteiger partial charge < -0.3 is 9.47 Å². The lowest BCUT2D eigenvalue weighted by molar-refractivity contribution is -0.144. The Morgan fingerprint density at radius 1 is 0.535 bits per heavy atom. The van der Waals surface area contributed by atoms with E-state index in [0.717, 1.165) is 0 Å². The Kier molecular flexibility index (Phi) is 7.50. The molecule has 0 N–H and O–H groups in total. The Hall–Kier alpha value is -4.18. The molecule has 2 aliphatic carbocycles. The van der Waals surface area contributed by atoms with Gasteiger partial charge in [-0.15, -0.1) is 0 Å². The molecule has 0 amide bonds. The van der Waals surface area contributed by atoms with Crippen LogP contribution in [-0.2, 0) is 29.9 Å². The van der Waals surface area contributed by atoms with Gasteiger partial charge in [0.1, 0.15) is 0 Å². The van der Waals surface area contributed by atoms with Crippen molar-refractivity contribution in [2.75, 3.05) is 13.2 Å². The maximum Gasteiger partial charge on any atom is 0.305 e. The highest BCUT2D eigenvalue weighted by Gasteiger charge is 2.64. The Labute approximate surface area is 255 Å². The van der Waals surface area contributed by atoms with Crippen molar-refractivity contribution < 1.29 is 19.1 Å².